The van der Waals surface area contributed by atoms with Crippen LogP contribution in [0.25, 0.3) is 0 Å². The van der Waals surface area contributed by atoms with E-state index in [0.29, 0.717) is 23.9 Å². The predicted molar refractivity (Wildman–Crippen MR) is 314 cm³/mol. The molecule has 0 aliphatic carbocycles. The van der Waals surface area contributed by atoms with E-state index in [1.54, 1.807) is 0 Å². The van der Waals surface area contributed by atoms with Crippen LogP contribution in [0.15, 0.2) is 36.5 Å². The largest absolute Gasteiger partial charge is 0.477 e. The molecule has 1 N–H and O–H groups in total. The van der Waals surface area contributed by atoms with Crippen molar-refractivity contribution in [2.75, 3.05) is 47.5 Å². The van der Waals surface area contributed by atoms with Crippen molar-refractivity contribution in [3.63, 3.8) is 0 Å². The van der Waals surface area contributed by atoms with Crippen LogP contribution in [0, 0.1) is 0 Å². The number of quaternary nitrogens is 1. The van der Waals surface area contributed by atoms with Crippen LogP contribution in [-0.2, 0) is 33.3 Å². The Morgan fingerprint density at radius 1 is 0.419 bits per heavy atom. The minimum absolute atomic E-state index is 0.183. The van der Waals surface area contributed by atoms with E-state index in [-0.39, 0.29) is 32.2 Å². The third kappa shape index (κ3) is 57.2. The van der Waals surface area contributed by atoms with E-state index in [1.165, 1.54) is 205 Å². The average molecular weight is 1050 g/mol. The minimum Gasteiger partial charge on any atom is -0.477 e. The van der Waals surface area contributed by atoms with Gasteiger partial charge < -0.3 is 28.5 Å². The summed E-state index contributed by atoms with van der Waals surface area (Å²) in [7, 11) is 5.97. The third-order valence-electron chi connectivity index (χ3n) is 14.2. The first-order chi connectivity index (χ1) is 36.1. The zero-order valence-corrected chi connectivity index (χ0v) is 49.5. The molecule has 0 saturated carbocycles. The zero-order valence-electron chi connectivity index (χ0n) is 49.5. The number of unbranched alkanes of at least 4 members (excludes halogenated alkanes) is 38. The summed E-state index contributed by atoms with van der Waals surface area (Å²) in [6.07, 6.45) is 66.9. The molecule has 434 valence electrons. The maximum Gasteiger partial charge on any atom is 0.361 e. The Balaban J connectivity index is 4.04. The fraction of sp³-hybridized carbons (Fsp3) is 0.862. The Hall–Kier alpha value is -2.49. The van der Waals surface area contributed by atoms with E-state index >= 15 is 0 Å². The number of hydrogen-bond donors (Lipinski definition) is 1. The Kier molecular flexibility index (Phi) is 54.8. The first-order valence-electron chi connectivity index (χ1n) is 31.7. The quantitative estimate of drug-likeness (QED) is 0.0211. The van der Waals surface area contributed by atoms with Crippen LogP contribution in [0.4, 0.5) is 0 Å². The molecule has 0 rings (SSSR count). The topological polar surface area (TPSA) is 108 Å². The van der Waals surface area contributed by atoms with Crippen molar-refractivity contribution in [2.24, 2.45) is 0 Å². The van der Waals surface area contributed by atoms with E-state index in [2.05, 4.69) is 50.3 Å². The molecule has 2 atom stereocenters. The summed E-state index contributed by atoms with van der Waals surface area (Å²) in [5.41, 5.74) is 0. The van der Waals surface area contributed by atoms with Crippen molar-refractivity contribution in [3.8, 4) is 0 Å². The molecule has 0 aromatic carbocycles. The lowest BCUT2D eigenvalue weighted by molar-refractivity contribution is -0.870. The molecule has 2 unspecified atom stereocenters. The molecule has 9 heteroatoms. The van der Waals surface area contributed by atoms with Gasteiger partial charge >= 0.3 is 17.9 Å². The summed E-state index contributed by atoms with van der Waals surface area (Å²) in [4.78, 5) is 37.4. The highest BCUT2D eigenvalue weighted by atomic mass is 16.7. The van der Waals surface area contributed by atoms with E-state index in [0.717, 1.165) is 64.2 Å². The van der Waals surface area contributed by atoms with Gasteiger partial charge in [-0.05, 0) is 44.9 Å². The van der Waals surface area contributed by atoms with Gasteiger partial charge in [-0.2, -0.15) is 0 Å². The number of carboxylic acids is 1. The summed E-state index contributed by atoms with van der Waals surface area (Å²) in [5, 5.41) is 9.71. The standard InChI is InChI=1S/C65H121NO8/c1-6-8-10-12-14-16-18-20-22-24-25-26-27-28-29-30-31-32-33-34-35-36-37-38-40-41-43-45-47-49-51-53-55-62(67)72-59-61(60-73-65(64(69)70)71-58-57-66(3,4)5)74-63(68)56-54-52-50-48-46-44-42-39-23-21-19-17-15-13-11-9-7-2/h9,11,15,17,21,23,61,65H,6-8,10,12-14,16,18-20,22,24-60H2,1-5H3/p+1/b11-9-,17-15-,23-21-. The Bertz CT molecular complexity index is 1310. The molecule has 0 bridgehead atoms. The monoisotopic (exact) mass is 1040 g/mol. The number of ether oxygens (including phenoxy) is 4. The molecule has 0 aliphatic heterocycles. The van der Waals surface area contributed by atoms with Crippen molar-refractivity contribution < 1.29 is 42.9 Å². The van der Waals surface area contributed by atoms with Gasteiger partial charge in [-0.3, -0.25) is 9.59 Å². The van der Waals surface area contributed by atoms with Crippen LogP contribution in [0.3, 0.4) is 0 Å². The van der Waals surface area contributed by atoms with Gasteiger partial charge in [0.1, 0.15) is 13.2 Å². The molecule has 0 heterocycles. The Labute approximate surface area is 458 Å². The number of nitrogens with zero attached hydrogens (tertiary/aromatic N) is 1. The lowest BCUT2D eigenvalue weighted by atomic mass is 10.0. The summed E-state index contributed by atoms with van der Waals surface area (Å²) in [5.74, 6) is -2.00. The van der Waals surface area contributed by atoms with Gasteiger partial charge in [-0.25, -0.2) is 4.79 Å². The molecule has 0 fully saturated rings. The molecule has 0 aliphatic rings. The summed E-state index contributed by atoms with van der Waals surface area (Å²) < 4.78 is 22.9. The number of allylic oxidation sites excluding steroid dienone is 6. The van der Waals surface area contributed by atoms with Crippen molar-refractivity contribution in [1.29, 1.82) is 0 Å². The Morgan fingerprint density at radius 2 is 0.770 bits per heavy atom. The highest BCUT2D eigenvalue weighted by molar-refractivity contribution is 5.71. The highest BCUT2D eigenvalue weighted by Gasteiger charge is 2.25. The number of carbonyl (C=O) groups is 3. The van der Waals surface area contributed by atoms with Crippen LogP contribution in [0.1, 0.15) is 303 Å². The van der Waals surface area contributed by atoms with Gasteiger partial charge in [0.2, 0.25) is 0 Å². The number of carbonyl (C=O) groups excluding carboxylic acids is 2. The molecule has 0 saturated heterocycles. The van der Waals surface area contributed by atoms with Crippen molar-refractivity contribution in [1.82, 2.24) is 0 Å². The second-order valence-electron chi connectivity index (χ2n) is 22.7. The number of rotatable bonds is 59. The fourth-order valence-corrected chi connectivity index (χ4v) is 9.33. The van der Waals surface area contributed by atoms with Crippen LogP contribution >= 0.6 is 0 Å². The van der Waals surface area contributed by atoms with Gasteiger partial charge in [0, 0.05) is 12.8 Å². The molecule has 0 amide bonds. The molecule has 74 heavy (non-hydrogen) atoms. The van der Waals surface area contributed by atoms with Crippen LogP contribution in [0.2, 0.25) is 0 Å². The number of hydrogen-bond acceptors (Lipinski definition) is 7. The second-order valence-corrected chi connectivity index (χ2v) is 22.7. The fourth-order valence-electron chi connectivity index (χ4n) is 9.33. The lowest BCUT2D eigenvalue weighted by Gasteiger charge is -2.25. The van der Waals surface area contributed by atoms with Gasteiger partial charge in [-0.1, -0.05) is 281 Å². The third-order valence-corrected chi connectivity index (χ3v) is 14.2. The molecule has 9 nitrogen and oxygen atoms in total. The second kappa shape index (κ2) is 56.7. The molecular weight excluding hydrogens is 923 g/mol. The van der Waals surface area contributed by atoms with E-state index < -0.39 is 24.3 Å². The van der Waals surface area contributed by atoms with Gasteiger partial charge in [0.15, 0.2) is 6.10 Å². The first kappa shape index (κ1) is 71.5. The molecule has 0 radical (unpaired) electrons. The van der Waals surface area contributed by atoms with Gasteiger partial charge in [0.25, 0.3) is 6.29 Å². The van der Waals surface area contributed by atoms with Gasteiger partial charge in [0.05, 0.1) is 34.4 Å². The molecule has 0 aromatic heterocycles. The molecule has 0 aromatic rings. The summed E-state index contributed by atoms with van der Waals surface area (Å²) in [6, 6.07) is 0. The van der Waals surface area contributed by atoms with E-state index in [9.17, 15) is 19.5 Å². The van der Waals surface area contributed by atoms with E-state index in [1.807, 2.05) is 21.1 Å². The number of carboxylic acid groups (broad SMARTS) is 1. The van der Waals surface area contributed by atoms with Crippen LogP contribution < -0.4 is 0 Å². The number of aliphatic carboxylic acids is 1. The SMILES string of the molecule is CC/C=C\C/C=C\C/C=C\CCCCCCCCCC(=O)OC(COC(=O)CCCCCCCCCCCCCCCCCCCCCCCCCCCCCCCCCC)COC(OCC[N+](C)(C)C)C(=O)O. The highest BCUT2D eigenvalue weighted by Crippen LogP contribution is 2.18. The number of likely N-dealkylation sites (N-methyl/N-ethyl adjacent to an activating group) is 1. The first-order valence-corrected chi connectivity index (χ1v) is 31.7. The summed E-state index contributed by atoms with van der Waals surface area (Å²) >= 11 is 0. The smallest absolute Gasteiger partial charge is 0.361 e. The predicted octanol–water partition coefficient (Wildman–Crippen LogP) is 18.9. The van der Waals surface area contributed by atoms with Crippen LogP contribution in [0.5, 0.6) is 0 Å². The van der Waals surface area contributed by atoms with Crippen molar-refractivity contribution in [2.45, 2.75) is 315 Å². The Morgan fingerprint density at radius 3 is 1.15 bits per heavy atom. The lowest BCUT2D eigenvalue weighted by Crippen LogP contribution is -2.40. The maximum atomic E-state index is 12.9. The van der Waals surface area contributed by atoms with E-state index in [4.69, 9.17) is 18.9 Å². The normalized spacial score (nSPS) is 12.9. The van der Waals surface area contributed by atoms with Gasteiger partial charge in [-0.15, -0.1) is 0 Å². The molecule has 0 spiro atoms. The summed E-state index contributed by atoms with van der Waals surface area (Å²) in [6.45, 7) is 4.80. The van der Waals surface area contributed by atoms with Crippen LogP contribution in [-0.4, -0.2) is 87.4 Å². The number of esters is 2. The maximum absolute atomic E-state index is 12.9. The minimum atomic E-state index is -1.51. The van der Waals surface area contributed by atoms with Crippen molar-refractivity contribution >= 4 is 17.9 Å². The van der Waals surface area contributed by atoms with Crippen molar-refractivity contribution in [3.05, 3.63) is 36.5 Å². The zero-order chi connectivity index (χ0) is 54.1. The average Bonchev–Trinajstić information content (AvgIpc) is 3.37. The molecular formula is C65H122NO8+.